The quantitative estimate of drug-likeness (QED) is 0.374. The maximum Gasteiger partial charge on any atom is 0.214 e. The Bertz CT molecular complexity index is 602. The number of ether oxygens (including phenoxy) is 1. The molecule has 0 radical (unpaired) electrons. The van der Waals surface area contributed by atoms with E-state index in [4.69, 9.17) is 4.74 Å². The summed E-state index contributed by atoms with van der Waals surface area (Å²) in [6, 6.07) is 10.3. The lowest BCUT2D eigenvalue weighted by atomic mass is 10.0. The number of nitrogens with one attached hydrogen (secondary N) is 1. The second-order valence-electron chi connectivity index (χ2n) is 8.13. The van der Waals surface area contributed by atoms with Gasteiger partial charge >= 0.3 is 0 Å². The van der Waals surface area contributed by atoms with Gasteiger partial charge in [0, 0.05) is 6.54 Å². The van der Waals surface area contributed by atoms with Crippen LogP contribution in [0.25, 0.3) is 0 Å². The van der Waals surface area contributed by atoms with Crippen LogP contribution in [0.3, 0.4) is 0 Å². The lowest BCUT2D eigenvalue weighted by molar-refractivity contribution is 0.0604. The zero-order valence-electron chi connectivity index (χ0n) is 18.3. The van der Waals surface area contributed by atoms with E-state index in [9.17, 15) is 8.42 Å². The second kappa shape index (κ2) is 14.1. The van der Waals surface area contributed by atoms with Crippen LogP contribution in [0, 0.1) is 5.92 Å². The minimum atomic E-state index is -3.28. The Labute approximate surface area is 173 Å². The van der Waals surface area contributed by atoms with Gasteiger partial charge in [0.05, 0.1) is 18.0 Å². The molecule has 0 fully saturated rings. The van der Waals surface area contributed by atoms with Crippen LogP contribution in [0.1, 0.15) is 78.2 Å². The summed E-state index contributed by atoms with van der Waals surface area (Å²) in [7, 11) is -3.28. The molecule has 0 aliphatic carbocycles. The van der Waals surface area contributed by atoms with E-state index in [1.807, 2.05) is 39.0 Å². The Morgan fingerprint density at radius 2 is 1.64 bits per heavy atom. The summed E-state index contributed by atoms with van der Waals surface area (Å²) in [6.07, 6.45) is 7.97. The van der Waals surface area contributed by atoms with Gasteiger partial charge in [-0.05, 0) is 44.1 Å². The number of unbranched alkanes of at least 4 members (excludes halogenated alkanes) is 4. The van der Waals surface area contributed by atoms with Crippen LogP contribution >= 0.6 is 0 Å². The normalized spacial score (nSPS) is 14.3. The molecule has 4 nitrogen and oxygen atoms in total. The molecule has 0 spiro atoms. The molecule has 2 unspecified atom stereocenters. The Morgan fingerprint density at radius 3 is 2.29 bits per heavy atom. The fourth-order valence-corrected chi connectivity index (χ4v) is 5.21. The van der Waals surface area contributed by atoms with Crippen LogP contribution in [0.4, 0.5) is 0 Å². The van der Waals surface area contributed by atoms with Crippen molar-refractivity contribution in [2.75, 3.05) is 13.2 Å². The molecule has 1 rings (SSSR count). The Hall–Kier alpha value is -0.910. The molecule has 0 bridgehead atoms. The minimum absolute atomic E-state index is 0.0641. The van der Waals surface area contributed by atoms with Crippen LogP contribution in [0.2, 0.25) is 0 Å². The van der Waals surface area contributed by atoms with Gasteiger partial charge in [-0.2, -0.15) is 0 Å². The van der Waals surface area contributed by atoms with Crippen molar-refractivity contribution >= 4 is 10.0 Å². The number of hydrogen-bond acceptors (Lipinski definition) is 3. The molecule has 0 saturated heterocycles. The molecular formula is C23H41NO3S. The average molecular weight is 412 g/mol. The molecule has 1 aromatic carbocycles. The van der Waals surface area contributed by atoms with Crippen molar-refractivity contribution in [2.45, 2.75) is 90.4 Å². The molecule has 28 heavy (non-hydrogen) atoms. The van der Waals surface area contributed by atoms with Crippen molar-refractivity contribution in [3.8, 4) is 0 Å². The third-order valence-electron chi connectivity index (χ3n) is 5.22. The first-order valence-electron chi connectivity index (χ1n) is 11.0. The van der Waals surface area contributed by atoms with Gasteiger partial charge in [-0.1, -0.05) is 76.8 Å². The molecule has 0 amide bonds. The summed E-state index contributed by atoms with van der Waals surface area (Å²) >= 11 is 0. The first-order chi connectivity index (χ1) is 13.4. The van der Waals surface area contributed by atoms with Crippen molar-refractivity contribution in [1.82, 2.24) is 4.72 Å². The van der Waals surface area contributed by atoms with Crippen LogP contribution in [0.5, 0.6) is 0 Å². The van der Waals surface area contributed by atoms with E-state index in [1.54, 1.807) is 0 Å². The van der Waals surface area contributed by atoms with E-state index in [-0.39, 0.29) is 17.3 Å². The highest BCUT2D eigenvalue weighted by atomic mass is 32.2. The molecular weight excluding hydrogens is 370 g/mol. The number of hydrogen-bond donors (Lipinski definition) is 1. The van der Waals surface area contributed by atoms with E-state index in [2.05, 4.69) is 23.8 Å². The number of benzene rings is 1. The molecule has 162 valence electrons. The molecule has 0 heterocycles. The predicted molar refractivity (Wildman–Crippen MR) is 119 cm³/mol. The fraction of sp³-hybridized carbons (Fsp3) is 0.739. The SMILES string of the molecule is CCCCCCCNS(=O)(=O)C(CCC(C)OCCc1ccccc1)C(C)C. The summed E-state index contributed by atoms with van der Waals surface area (Å²) in [6.45, 7) is 9.43. The Kier molecular flexibility index (Phi) is 12.7. The highest BCUT2D eigenvalue weighted by molar-refractivity contribution is 7.90. The largest absolute Gasteiger partial charge is 0.378 e. The molecule has 0 saturated carbocycles. The van der Waals surface area contributed by atoms with E-state index >= 15 is 0 Å². The summed E-state index contributed by atoms with van der Waals surface area (Å²) in [5.74, 6) is 0.0918. The van der Waals surface area contributed by atoms with E-state index in [0.29, 0.717) is 19.6 Å². The van der Waals surface area contributed by atoms with Crippen molar-refractivity contribution < 1.29 is 13.2 Å². The van der Waals surface area contributed by atoms with Gasteiger partial charge in [0.1, 0.15) is 0 Å². The minimum Gasteiger partial charge on any atom is -0.378 e. The molecule has 5 heteroatoms. The molecule has 0 aliphatic rings. The van der Waals surface area contributed by atoms with Crippen LogP contribution < -0.4 is 4.72 Å². The highest BCUT2D eigenvalue weighted by Crippen LogP contribution is 2.19. The van der Waals surface area contributed by atoms with Gasteiger partial charge in [-0.15, -0.1) is 0 Å². The van der Waals surface area contributed by atoms with Crippen molar-refractivity contribution in [2.24, 2.45) is 5.92 Å². The van der Waals surface area contributed by atoms with Gasteiger partial charge in [0.2, 0.25) is 10.0 Å². The van der Waals surface area contributed by atoms with E-state index in [1.165, 1.54) is 24.8 Å². The van der Waals surface area contributed by atoms with Gasteiger partial charge in [-0.3, -0.25) is 0 Å². The van der Waals surface area contributed by atoms with Crippen molar-refractivity contribution in [1.29, 1.82) is 0 Å². The highest BCUT2D eigenvalue weighted by Gasteiger charge is 2.28. The Morgan fingerprint density at radius 1 is 0.964 bits per heavy atom. The van der Waals surface area contributed by atoms with Gasteiger partial charge in [0.15, 0.2) is 0 Å². The summed E-state index contributed by atoms with van der Waals surface area (Å²) < 4.78 is 34.2. The Balaban J connectivity index is 2.35. The molecule has 1 aromatic rings. The third kappa shape index (κ3) is 10.6. The predicted octanol–water partition coefficient (Wildman–Crippen LogP) is 5.33. The first kappa shape index (κ1) is 25.1. The lowest BCUT2D eigenvalue weighted by Gasteiger charge is -2.23. The monoisotopic (exact) mass is 411 g/mol. The molecule has 0 aromatic heterocycles. The average Bonchev–Trinajstić information content (AvgIpc) is 2.65. The maximum absolute atomic E-state index is 12.7. The topological polar surface area (TPSA) is 55.4 Å². The second-order valence-corrected chi connectivity index (χ2v) is 10.1. The van der Waals surface area contributed by atoms with Crippen LogP contribution in [0.15, 0.2) is 30.3 Å². The van der Waals surface area contributed by atoms with Gasteiger partial charge < -0.3 is 4.74 Å². The summed E-state index contributed by atoms with van der Waals surface area (Å²) in [5.41, 5.74) is 1.26. The number of sulfonamides is 1. The van der Waals surface area contributed by atoms with Crippen molar-refractivity contribution in [3.63, 3.8) is 0 Å². The standard InChI is InChI=1S/C23H41NO3S/c1-5-6-7-8-12-18-24-28(25,26)23(20(2)3)16-15-21(4)27-19-17-22-13-10-9-11-14-22/h9-11,13-14,20-21,23-24H,5-8,12,15-19H2,1-4H3. The molecule has 1 N–H and O–H groups in total. The first-order valence-corrected chi connectivity index (χ1v) is 12.6. The number of rotatable bonds is 16. The maximum atomic E-state index is 12.7. The third-order valence-corrected chi connectivity index (χ3v) is 7.40. The lowest BCUT2D eigenvalue weighted by Crippen LogP contribution is -2.38. The van der Waals surface area contributed by atoms with E-state index < -0.39 is 10.0 Å². The van der Waals surface area contributed by atoms with Crippen LogP contribution in [-0.2, 0) is 21.2 Å². The van der Waals surface area contributed by atoms with Gasteiger partial charge in [-0.25, -0.2) is 13.1 Å². The molecule has 2 atom stereocenters. The zero-order valence-corrected chi connectivity index (χ0v) is 19.1. The molecule has 0 aliphatic heterocycles. The summed E-state index contributed by atoms with van der Waals surface area (Å²) in [4.78, 5) is 0. The van der Waals surface area contributed by atoms with Gasteiger partial charge in [0.25, 0.3) is 0 Å². The fourth-order valence-electron chi connectivity index (χ4n) is 3.40. The van der Waals surface area contributed by atoms with Crippen LogP contribution in [-0.4, -0.2) is 32.9 Å². The smallest absolute Gasteiger partial charge is 0.214 e. The summed E-state index contributed by atoms with van der Waals surface area (Å²) in [5, 5.41) is -0.358. The zero-order chi connectivity index (χ0) is 20.8. The van der Waals surface area contributed by atoms with Crippen molar-refractivity contribution in [3.05, 3.63) is 35.9 Å². The van der Waals surface area contributed by atoms with E-state index in [0.717, 1.165) is 25.7 Å².